The molecule has 3 nitrogen and oxygen atoms in total. The first-order valence-corrected chi connectivity index (χ1v) is 6.94. The van der Waals surface area contributed by atoms with Crippen LogP contribution in [0, 0.1) is 11.7 Å². The SMILES string of the molecule is CCNC(CO)(CN(C)c1ccccc1F)C1CC1. The third kappa shape index (κ3) is 3.07. The van der Waals surface area contributed by atoms with Crippen LogP contribution >= 0.6 is 0 Å². The third-order valence-electron chi connectivity index (χ3n) is 3.95. The Morgan fingerprint density at radius 2 is 2.11 bits per heavy atom. The Labute approximate surface area is 114 Å². The van der Waals surface area contributed by atoms with E-state index < -0.39 is 0 Å². The summed E-state index contributed by atoms with van der Waals surface area (Å²) in [4.78, 5) is 1.90. The molecule has 0 radical (unpaired) electrons. The smallest absolute Gasteiger partial charge is 0.146 e. The van der Waals surface area contributed by atoms with Crippen molar-refractivity contribution in [3.63, 3.8) is 0 Å². The molecule has 0 aromatic heterocycles. The van der Waals surface area contributed by atoms with Crippen LogP contribution in [0.5, 0.6) is 0 Å². The maximum atomic E-state index is 13.8. The number of nitrogens with zero attached hydrogens (tertiary/aromatic N) is 1. The molecule has 1 atom stereocenters. The Bertz CT molecular complexity index is 422. The molecule has 0 saturated heterocycles. The summed E-state index contributed by atoms with van der Waals surface area (Å²) in [6, 6.07) is 6.77. The number of hydrogen-bond donors (Lipinski definition) is 2. The van der Waals surface area contributed by atoms with E-state index in [9.17, 15) is 9.50 Å². The van der Waals surface area contributed by atoms with Crippen molar-refractivity contribution in [1.82, 2.24) is 5.32 Å². The van der Waals surface area contributed by atoms with Gasteiger partial charge in [0.25, 0.3) is 0 Å². The minimum Gasteiger partial charge on any atom is -0.394 e. The predicted molar refractivity (Wildman–Crippen MR) is 75.9 cm³/mol. The van der Waals surface area contributed by atoms with E-state index in [2.05, 4.69) is 5.32 Å². The summed E-state index contributed by atoms with van der Waals surface area (Å²) < 4.78 is 13.8. The van der Waals surface area contributed by atoms with Crippen molar-refractivity contribution in [3.05, 3.63) is 30.1 Å². The van der Waals surface area contributed by atoms with E-state index in [1.165, 1.54) is 6.07 Å². The molecule has 0 heterocycles. The van der Waals surface area contributed by atoms with Crippen molar-refractivity contribution >= 4 is 5.69 Å². The van der Waals surface area contributed by atoms with E-state index in [0.717, 1.165) is 19.4 Å². The molecule has 2 rings (SSSR count). The summed E-state index contributed by atoms with van der Waals surface area (Å²) in [5.74, 6) is 0.274. The standard InChI is InChI=1S/C15H23FN2O/c1-3-17-15(11-19,12-8-9-12)10-18(2)14-7-5-4-6-13(14)16/h4-7,12,17,19H,3,8-11H2,1-2H3. The summed E-state index contributed by atoms with van der Waals surface area (Å²) in [5, 5.41) is 13.2. The molecule has 1 aromatic rings. The summed E-state index contributed by atoms with van der Waals surface area (Å²) >= 11 is 0. The van der Waals surface area contributed by atoms with Crippen LogP contribution in [0.25, 0.3) is 0 Å². The molecule has 1 saturated carbocycles. The number of rotatable bonds is 7. The zero-order chi connectivity index (χ0) is 13.9. The summed E-state index contributed by atoms with van der Waals surface area (Å²) in [7, 11) is 1.88. The van der Waals surface area contributed by atoms with E-state index >= 15 is 0 Å². The Balaban J connectivity index is 2.15. The zero-order valence-electron chi connectivity index (χ0n) is 11.7. The lowest BCUT2D eigenvalue weighted by atomic mass is 9.93. The van der Waals surface area contributed by atoms with Gasteiger partial charge in [0.15, 0.2) is 0 Å². The highest BCUT2D eigenvalue weighted by atomic mass is 19.1. The van der Waals surface area contributed by atoms with Crippen LogP contribution in [0.1, 0.15) is 19.8 Å². The fourth-order valence-corrected chi connectivity index (χ4v) is 2.82. The number of nitrogens with one attached hydrogen (secondary N) is 1. The molecule has 19 heavy (non-hydrogen) atoms. The lowest BCUT2D eigenvalue weighted by Crippen LogP contribution is -2.57. The largest absolute Gasteiger partial charge is 0.394 e. The fourth-order valence-electron chi connectivity index (χ4n) is 2.82. The quantitative estimate of drug-likeness (QED) is 0.792. The lowest BCUT2D eigenvalue weighted by molar-refractivity contribution is 0.146. The van der Waals surface area contributed by atoms with E-state index in [0.29, 0.717) is 18.2 Å². The van der Waals surface area contributed by atoms with Crippen LogP contribution in [-0.4, -0.2) is 37.4 Å². The minimum absolute atomic E-state index is 0.0876. The number of para-hydroxylation sites is 1. The Morgan fingerprint density at radius 3 is 2.63 bits per heavy atom. The molecule has 0 amide bonds. The maximum absolute atomic E-state index is 13.8. The van der Waals surface area contributed by atoms with Gasteiger partial charge in [-0.3, -0.25) is 0 Å². The average Bonchev–Trinajstić information content (AvgIpc) is 3.23. The molecule has 4 heteroatoms. The molecule has 2 N–H and O–H groups in total. The van der Waals surface area contributed by atoms with Crippen LogP contribution in [-0.2, 0) is 0 Å². The molecular weight excluding hydrogens is 243 g/mol. The van der Waals surface area contributed by atoms with Gasteiger partial charge in [-0.25, -0.2) is 4.39 Å². The number of anilines is 1. The number of benzene rings is 1. The van der Waals surface area contributed by atoms with Crippen molar-refractivity contribution in [3.8, 4) is 0 Å². The van der Waals surface area contributed by atoms with Gasteiger partial charge in [0, 0.05) is 13.6 Å². The van der Waals surface area contributed by atoms with Gasteiger partial charge in [-0.1, -0.05) is 19.1 Å². The molecule has 106 valence electrons. The predicted octanol–water partition coefficient (Wildman–Crippen LogP) is 2.01. The zero-order valence-corrected chi connectivity index (χ0v) is 11.7. The van der Waals surface area contributed by atoms with Gasteiger partial charge in [-0.05, 0) is 37.4 Å². The van der Waals surface area contributed by atoms with Crippen LogP contribution in [0.3, 0.4) is 0 Å². The second kappa shape index (κ2) is 5.88. The van der Waals surface area contributed by atoms with Crippen LogP contribution in [0.4, 0.5) is 10.1 Å². The summed E-state index contributed by atoms with van der Waals surface area (Å²) in [6.07, 6.45) is 2.28. The number of aliphatic hydroxyl groups excluding tert-OH is 1. The molecule has 0 bridgehead atoms. The normalized spacial score (nSPS) is 18.1. The number of hydrogen-bond acceptors (Lipinski definition) is 3. The van der Waals surface area contributed by atoms with Crippen molar-refractivity contribution in [2.24, 2.45) is 5.92 Å². The summed E-state index contributed by atoms with van der Waals surface area (Å²) in [5.41, 5.74) is 0.269. The molecular formula is C15H23FN2O. The van der Waals surface area contributed by atoms with Gasteiger partial charge >= 0.3 is 0 Å². The van der Waals surface area contributed by atoms with Gasteiger partial charge in [0.1, 0.15) is 5.82 Å². The highest BCUT2D eigenvalue weighted by molar-refractivity contribution is 5.47. The second-order valence-corrected chi connectivity index (χ2v) is 5.43. The van der Waals surface area contributed by atoms with Gasteiger partial charge in [0.05, 0.1) is 17.8 Å². The number of likely N-dealkylation sites (N-methyl/N-ethyl adjacent to an activating group) is 2. The first-order chi connectivity index (χ1) is 9.13. The van der Waals surface area contributed by atoms with Crippen molar-refractivity contribution in [2.45, 2.75) is 25.3 Å². The minimum atomic E-state index is -0.314. The Kier molecular flexibility index (Phi) is 4.42. The maximum Gasteiger partial charge on any atom is 0.146 e. The van der Waals surface area contributed by atoms with Crippen LogP contribution in [0.2, 0.25) is 0 Å². The Hall–Kier alpha value is -1.13. The number of aliphatic hydroxyl groups is 1. The van der Waals surface area contributed by atoms with Crippen LogP contribution in [0.15, 0.2) is 24.3 Å². The molecule has 1 aromatic carbocycles. The third-order valence-corrected chi connectivity index (χ3v) is 3.95. The van der Waals surface area contributed by atoms with E-state index in [1.807, 2.05) is 24.9 Å². The van der Waals surface area contributed by atoms with Gasteiger partial charge in [0.2, 0.25) is 0 Å². The average molecular weight is 266 g/mol. The molecule has 0 aliphatic heterocycles. The monoisotopic (exact) mass is 266 g/mol. The van der Waals surface area contributed by atoms with Crippen molar-refractivity contribution in [1.29, 1.82) is 0 Å². The first kappa shape index (κ1) is 14.3. The van der Waals surface area contributed by atoms with Crippen molar-refractivity contribution in [2.75, 3.05) is 31.6 Å². The number of halogens is 1. The summed E-state index contributed by atoms with van der Waals surface area (Å²) in [6.45, 7) is 3.55. The fraction of sp³-hybridized carbons (Fsp3) is 0.600. The molecule has 1 aliphatic rings. The van der Waals surface area contributed by atoms with Gasteiger partial charge in [-0.2, -0.15) is 0 Å². The van der Waals surface area contributed by atoms with Gasteiger partial charge < -0.3 is 15.3 Å². The highest BCUT2D eigenvalue weighted by Crippen LogP contribution is 2.40. The van der Waals surface area contributed by atoms with Gasteiger partial charge in [-0.15, -0.1) is 0 Å². The molecule has 1 aliphatic carbocycles. The van der Waals surface area contributed by atoms with E-state index in [4.69, 9.17) is 0 Å². The lowest BCUT2D eigenvalue weighted by Gasteiger charge is -2.37. The topological polar surface area (TPSA) is 35.5 Å². The second-order valence-electron chi connectivity index (χ2n) is 5.43. The van der Waals surface area contributed by atoms with E-state index in [-0.39, 0.29) is 18.0 Å². The van der Waals surface area contributed by atoms with E-state index in [1.54, 1.807) is 12.1 Å². The first-order valence-electron chi connectivity index (χ1n) is 6.94. The molecule has 0 spiro atoms. The Morgan fingerprint density at radius 1 is 1.42 bits per heavy atom. The highest BCUT2D eigenvalue weighted by Gasteiger charge is 2.45. The molecule has 1 fully saturated rings. The molecule has 1 unspecified atom stereocenters. The van der Waals surface area contributed by atoms with Crippen molar-refractivity contribution < 1.29 is 9.50 Å². The van der Waals surface area contributed by atoms with Crippen LogP contribution < -0.4 is 10.2 Å².